The van der Waals surface area contributed by atoms with Crippen LogP contribution in [0.5, 0.6) is 0 Å². The number of aryl methyl sites for hydroxylation is 1. The molecule has 0 aromatic carbocycles. The van der Waals surface area contributed by atoms with Gasteiger partial charge in [0.15, 0.2) is 0 Å². The van der Waals surface area contributed by atoms with Crippen molar-refractivity contribution in [3.63, 3.8) is 0 Å². The Kier molecular flexibility index (Phi) is 3.53. The molecule has 2 aliphatic carbocycles. The van der Waals surface area contributed by atoms with E-state index in [2.05, 4.69) is 31.9 Å². The van der Waals surface area contributed by atoms with E-state index in [-0.39, 0.29) is 0 Å². The molecule has 3 atom stereocenters. The summed E-state index contributed by atoms with van der Waals surface area (Å²) in [5, 5.41) is 0. The van der Waals surface area contributed by atoms with Gasteiger partial charge in [0.1, 0.15) is 5.82 Å². The van der Waals surface area contributed by atoms with Crippen LogP contribution in [-0.2, 0) is 0 Å². The number of nitrogen functional groups attached to an aromatic ring is 1. The molecule has 0 spiro atoms. The Morgan fingerprint density at radius 1 is 1.14 bits per heavy atom. The highest BCUT2D eigenvalue weighted by Crippen LogP contribution is 2.43. The second-order valence-corrected chi connectivity index (χ2v) is 7.05. The van der Waals surface area contributed by atoms with Crippen LogP contribution in [0.4, 0.5) is 11.8 Å². The molecule has 5 nitrogen and oxygen atoms in total. The molecule has 0 unspecified atom stereocenters. The quantitative estimate of drug-likeness (QED) is 0.861. The SMILES string of the molecule is Cc1cc(N2CCN(C[C@@H]3C[C@@H]4C=C[C@H]3C4)CC2)nc(N)n1. The summed E-state index contributed by atoms with van der Waals surface area (Å²) in [6, 6.07) is 2.03. The summed E-state index contributed by atoms with van der Waals surface area (Å²) in [6.07, 6.45) is 7.70. The standard InChI is InChI=1S/C17H25N5/c1-12-8-16(20-17(18)19-12)22-6-4-21(5-7-22)11-15-10-13-2-3-14(15)9-13/h2-3,8,13-15H,4-7,9-11H2,1H3,(H2,18,19,20)/t13-,14+,15+/m1/s1. The molecule has 2 N–H and O–H groups in total. The van der Waals surface area contributed by atoms with Crippen molar-refractivity contribution in [2.75, 3.05) is 43.4 Å². The summed E-state index contributed by atoms with van der Waals surface area (Å²) >= 11 is 0. The average molecular weight is 299 g/mol. The van der Waals surface area contributed by atoms with Crippen molar-refractivity contribution in [3.8, 4) is 0 Å². The Bertz CT molecular complexity index is 556. The fourth-order valence-electron chi connectivity index (χ4n) is 4.33. The largest absolute Gasteiger partial charge is 0.368 e. The van der Waals surface area contributed by atoms with Crippen molar-refractivity contribution in [2.24, 2.45) is 17.8 Å². The normalized spacial score (nSPS) is 31.1. The fourth-order valence-corrected chi connectivity index (χ4v) is 4.33. The second kappa shape index (κ2) is 5.54. The summed E-state index contributed by atoms with van der Waals surface area (Å²) < 4.78 is 0. The number of aromatic nitrogens is 2. The minimum absolute atomic E-state index is 0.381. The zero-order valence-corrected chi connectivity index (χ0v) is 13.3. The molecule has 1 saturated heterocycles. The molecule has 118 valence electrons. The lowest BCUT2D eigenvalue weighted by Gasteiger charge is -2.37. The second-order valence-electron chi connectivity index (χ2n) is 7.05. The summed E-state index contributed by atoms with van der Waals surface area (Å²) in [4.78, 5) is 13.5. The van der Waals surface area contributed by atoms with Gasteiger partial charge in [0.2, 0.25) is 5.95 Å². The maximum atomic E-state index is 5.77. The zero-order chi connectivity index (χ0) is 15.1. The van der Waals surface area contributed by atoms with Crippen molar-refractivity contribution >= 4 is 11.8 Å². The van der Waals surface area contributed by atoms with Gasteiger partial charge in [-0.05, 0) is 37.5 Å². The van der Waals surface area contributed by atoms with E-state index in [1.807, 2.05) is 13.0 Å². The number of nitrogens with zero attached hydrogens (tertiary/aromatic N) is 4. The molecule has 5 heteroatoms. The highest BCUT2D eigenvalue weighted by molar-refractivity contribution is 5.43. The number of hydrogen-bond acceptors (Lipinski definition) is 5. The first-order chi connectivity index (χ1) is 10.7. The van der Waals surface area contributed by atoms with Crippen LogP contribution >= 0.6 is 0 Å². The minimum atomic E-state index is 0.381. The predicted octanol–water partition coefficient (Wildman–Crippen LogP) is 1.70. The van der Waals surface area contributed by atoms with Crippen LogP contribution in [0.1, 0.15) is 18.5 Å². The van der Waals surface area contributed by atoms with Crippen LogP contribution < -0.4 is 10.6 Å². The van der Waals surface area contributed by atoms with Crippen molar-refractivity contribution in [2.45, 2.75) is 19.8 Å². The Morgan fingerprint density at radius 3 is 2.59 bits per heavy atom. The van der Waals surface area contributed by atoms with Crippen LogP contribution in [0.25, 0.3) is 0 Å². The van der Waals surface area contributed by atoms with E-state index in [1.165, 1.54) is 19.4 Å². The fraction of sp³-hybridized carbons (Fsp3) is 0.647. The number of fused-ring (bicyclic) bond motifs is 2. The Morgan fingerprint density at radius 2 is 1.95 bits per heavy atom. The van der Waals surface area contributed by atoms with Gasteiger partial charge in [0.25, 0.3) is 0 Å². The van der Waals surface area contributed by atoms with Gasteiger partial charge in [-0.25, -0.2) is 4.98 Å². The first-order valence-electron chi connectivity index (χ1n) is 8.44. The lowest BCUT2D eigenvalue weighted by atomic mass is 9.93. The van der Waals surface area contributed by atoms with Crippen molar-refractivity contribution < 1.29 is 0 Å². The molecule has 1 aliphatic heterocycles. The van der Waals surface area contributed by atoms with Crippen LogP contribution in [0.3, 0.4) is 0 Å². The maximum Gasteiger partial charge on any atom is 0.222 e. The molecule has 1 saturated carbocycles. The molecule has 2 bridgehead atoms. The van der Waals surface area contributed by atoms with E-state index < -0.39 is 0 Å². The average Bonchev–Trinajstić information content (AvgIpc) is 3.09. The predicted molar refractivity (Wildman–Crippen MR) is 88.7 cm³/mol. The van der Waals surface area contributed by atoms with Gasteiger partial charge in [0.05, 0.1) is 0 Å². The third-order valence-corrected chi connectivity index (χ3v) is 5.46. The van der Waals surface area contributed by atoms with Gasteiger partial charge in [-0.15, -0.1) is 0 Å². The van der Waals surface area contributed by atoms with Gasteiger partial charge < -0.3 is 10.6 Å². The first-order valence-corrected chi connectivity index (χ1v) is 8.44. The van der Waals surface area contributed by atoms with E-state index in [4.69, 9.17) is 5.73 Å². The number of anilines is 2. The lowest BCUT2D eigenvalue weighted by molar-refractivity contribution is 0.204. The summed E-state index contributed by atoms with van der Waals surface area (Å²) in [5.41, 5.74) is 6.71. The van der Waals surface area contributed by atoms with Crippen LogP contribution in [0, 0.1) is 24.7 Å². The number of allylic oxidation sites excluding steroid dienone is 2. The monoisotopic (exact) mass is 299 g/mol. The first kappa shape index (κ1) is 14.0. The number of piperazine rings is 1. The number of hydrogen-bond donors (Lipinski definition) is 1. The highest BCUT2D eigenvalue weighted by atomic mass is 15.3. The van der Waals surface area contributed by atoms with Gasteiger partial charge in [-0.2, -0.15) is 4.98 Å². The maximum absolute atomic E-state index is 5.77. The Balaban J connectivity index is 1.33. The third-order valence-electron chi connectivity index (χ3n) is 5.46. The van der Waals surface area contributed by atoms with Crippen LogP contribution in [-0.4, -0.2) is 47.6 Å². The molecule has 2 fully saturated rings. The summed E-state index contributed by atoms with van der Waals surface area (Å²) in [7, 11) is 0. The number of nitrogens with two attached hydrogens (primary N) is 1. The van der Waals surface area contributed by atoms with Crippen molar-refractivity contribution in [3.05, 3.63) is 23.9 Å². The molecule has 4 rings (SSSR count). The third kappa shape index (κ3) is 2.70. The molecular weight excluding hydrogens is 274 g/mol. The van der Waals surface area contributed by atoms with E-state index >= 15 is 0 Å². The molecule has 1 aromatic heterocycles. The highest BCUT2D eigenvalue weighted by Gasteiger charge is 2.36. The molecule has 1 aromatic rings. The van der Waals surface area contributed by atoms with Crippen LogP contribution in [0.2, 0.25) is 0 Å². The van der Waals surface area contributed by atoms with E-state index in [9.17, 15) is 0 Å². The van der Waals surface area contributed by atoms with Crippen molar-refractivity contribution in [1.82, 2.24) is 14.9 Å². The van der Waals surface area contributed by atoms with E-state index in [1.54, 1.807) is 0 Å². The molecule has 0 amide bonds. The minimum Gasteiger partial charge on any atom is -0.368 e. The smallest absolute Gasteiger partial charge is 0.222 e. The van der Waals surface area contributed by atoms with Gasteiger partial charge in [-0.1, -0.05) is 12.2 Å². The molecule has 3 aliphatic rings. The van der Waals surface area contributed by atoms with Crippen molar-refractivity contribution in [1.29, 1.82) is 0 Å². The van der Waals surface area contributed by atoms with E-state index in [0.29, 0.717) is 5.95 Å². The van der Waals surface area contributed by atoms with E-state index in [0.717, 1.165) is 55.4 Å². The van der Waals surface area contributed by atoms with Crippen LogP contribution in [0.15, 0.2) is 18.2 Å². The number of rotatable bonds is 3. The Labute approximate surface area is 132 Å². The molecule has 22 heavy (non-hydrogen) atoms. The summed E-state index contributed by atoms with van der Waals surface area (Å²) in [5.74, 6) is 3.98. The molecular formula is C17H25N5. The topological polar surface area (TPSA) is 58.3 Å². The zero-order valence-electron chi connectivity index (χ0n) is 13.3. The van der Waals surface area contributed by atoms with Gasteiger partial charge in [-0.3, -0.25) is 4.90 Å². The Hall–Kier alpha value is -1.62. The molecule has 2 heterocycles. The lowest BCUT2D eigenvalue weighted by Crippen LogP contribution is -2.48. The van der Waals surface area contributed by atoms with Gasteiger partial charge in [0, 0.05) is 44.5 Å². The summed E-state index contributed by atoms with van der Waals surface area (Å²) in [6.45, 7) is 7.56. The van der Waals surface area contributed by atoms with Gasteiger partial charge >= 0.3 is 0 Å². The molecule has 0 radical (unpaired) electrons.